The average molecular weight is 628 g/mol. The standard InChI is InChI=1S/C38H62FN3O3/c1-2-3-4-5-6-7-8-9-10-11-12-13-14-16-21-36(44)40-37(45)38(42-29-17-15-18-30-42)26-31-41(32-27-38)28-19-20-35(43)33-22-24-34(39)25-23-33/h22-25H,2-21,26-32H2,1H3,(H,40,44,45). The first-order valence-electron chi connectivity index (χ1n) is 18.5. The van der Waals surface area contributed by atoms with Gasteiger partial charge in [-0.05, 0) is 82.4 Å². The summed E-state index contributed by atoms with van der Waals surface area (Å²) >= 11 is 0. The van der Waals surface area contributed by atoms with Crippen molar-refractivity contribution in [2.45, 2.75) is 154 Å². The van der Waals surface area contributed by atoms with Gasteiger partial charge in [0.2, 0.25) is 11.8 Å². The van der Waals surface area contributed by atoms with E-state index in [9.17, 15) is 18.8 Å². The maximum Gasteiger partial charge on any atom is 0.247 e. The first-order valence-corrected chi connectivity index (χ1v) is 18.5. The lowest BCUT2D eigenvalue weighted by Crippen LogP contribution is -2.64. The molecule has 0 radical (unpaired) electrons. The summed E-state index contributed by atoms with van der Waals surface area (Å²) in [4.78, 5) is 43.7. The van der Waals surface area contributed by atoms with Crippen molar-refractivity contribution in [3.8, 4) is 0 Å². The van der Waals surface area contributed by atoms with E-state index in [-0.39, 0.29) is 23.4 Å². The van der Waals surface area contributed by atoms with Gasteiger partial charge < -0.3 is 4.90 Å². The number of amides is 2. The molecule has 0 aliphatic carbocycles. The third-order valence-electron chi connectivity index (χ3n) is 10.1. The van der Waals surface area contributed by atoms with Crippen LogP contribution in [-0.2, 0) is 9.59 Å². The number of hydrogen-bond acceptors (Lipinski definition) is 5. The van der Waals surface area contributed by atoms with Gasteiger partial charge in [0.15, 0.2) is 5.78 Å². The van der Waals surface area contributed by atoms with E-state index in [0.717, 1.165) is 64.8 Å². The highest BCUT2D eigenvalue weighted by Gasteiger charge is 2.46. The molecule has 45 heavy (non-hydrogen) atoms. The number of carbonyl (C=O) groups excluding carboxylic acids is 3. The van der Waals surface area contributed by atoms with E-state index >= 15 is 0 Å². The fraction of sp³-hybridized carbons (Fsp3) is 0.763. The molecule has 6 nitrogen and oxygen atoms in total. The number of unbranched alkanes of at least 4 members (excludes halogenated alkanes) is 13. The lowest BCUT2D eigenvalue weighted by Gasteiger charge is -2.48. The Labute approximate surface area is 273 Å². The Morgan fingerprint density at radius 3 is 1.78 bits per heavy atom. The van der Waals surface area contributed by atoms with Crippen LogP contribution in [0.4, 0.5) is 4.39 Å². The number of carbonyl (C=O) groups is 3. The van der Waals surface area contributed by atoms with Crippen molar-refractivity contribution in [1.82, 2.24) is 15.1 Å². The number of piperidine rings is 2. The fourth-order valence-electron chi connectivity index (χ4n) is 7.18. The van der Waals surface area contributed by atoms with Gasteiger partial charge in [0.1, 0.15) is 11.4 Å². The molecule has 1 aromatic rings. The van der Waals surface area contributed by atoms with Crippen molar-refractivity contribution in [2.75, 3.05) is 32.7 Å². The number of hydrogen-bond donors (Lipinski definition) is 1. The predicted molar refractivity (Wildman–Crippen MR) is 182 cm³/mol. The first kappa shape index (κ1) is 37.3. The fourth-order valence-corrected chi connectivity index (χ4v) is 7.18. The van der Waals surface area contributed by atoms with Crippen LogP contribution >= 0.6 is 0 Å². The Kier molecular flexibility index (Phi) is 17.9. The first-order chi connectivity index (χ1) is 21.9. The Morgan fingerprint density at radius 1 is 0.689 bits per heavy atom. The molecule has 2 aliphatic rings. The summed E-state index contributed by atoms with van der Waals surface area (Å²) in [5.41, 5.74) is -0.0685. The third kappa shape index (κ3) is 13.6. The van der Waals surface area contributed by atoms with Crippen molar-refractivity contribution in [2.24, 2.45) is 0 Å². The maximum absolute atomic E-state index is 13.7. The number of nitrogens with one attached hydrogen (secondary N) is 1. The van der Waals surface area contributed by atoms with Crippen molar-refractivity contribution in [3.63, 3.8) is 0 Å². The summed E-state index contributed by atoms with van der Waals surface area (Å²) in [6.07, 6.45) is 24.3. The number of rotatable bonds is 22. The molecule has 2 heterocycles. The van der Waals surface area contributed by atoms with Crippen LogP contribution in [0.15, 0.2) is 24.3 Å². The van der Waals surface area contributed by atoms with Crippen molar-refractivity contribution < 1.29 is 18.8 Å². The number of nitrogens with zero attached hydrogens (tertiary/aromatic N) is 2. The lowest BCUT2D eigenvalue weighted by molar-refractivity contribution is -0.142. The average Bonchev–Trinajstić information content (AvgIpc) is 3.06. The van der Waals surface area contributed by atoms with E-state index in [2.05, 4.69) is 22.0 Å². The normalized spacial score (nSPS) is 17.3. The van der Waals surface area contributed by atoms with Gasteiger partial charge in [-0.3, -0.25) is 24.6 Å². The van der Waals surface area contributed by atoms with Crippen molar-refractivity contribution in [3.05, 3.63) is 35.6 Å². The molecule has 2 aliphatic heterocycles. The zero-order valence-corrected chi connectivity index (χ0v) is 28.4. The van der Waals surface area contributed by atoms with Crippen LogP contribution in [0.5, 0.6) is 0 Å². The van der Waals surface area contributed by atoms with Gasteiger partial charge >= 0.3 is 0 Å². The molecule has 2 saturated heterocycles. The number of imide groups is 1. The monoisotopic (exact) mass is 627 g/mol. The number of likely N-dealkylation sites (tertiary alicyclic amines) is 2. The van der Waals surface area contributed by atoms with E-state index in [1.54, 1.807) is 12.1 Å². The zero-order valence-electron chi connectivity index (χ0n) is 28.4. The van der Waals surface area contributed by atoms with Crippen LogP contribution in [0.25, 0.3) is 0 Å². The second kappa shape index (κ2) is 21.6. The van der Waals surface area contributed by atoms with Gasteiger partial charge in [-0.25, -0.2) is 4.39 Å². The molecular weight excluding hydrogens is 565 g/mol. The van der Waals surface area contributed by atoms with Crippen molar-refractivity contribution >= 4 is 17.6 Å². The topological polar surface area (TPSA) is 69.7 Å². The minimum Gasteiger partial charge on any atom is -0.303 e. The van der Waals surface area contributed by atoms with Gasteiger partial charge in [-0.2, -0.15) is 0 Å². The molecule has 0 saturated carbocycles. The van der Waals surface area contributed by atoms with Crippen molar-refractivity contribution in [1.29, 1.82) is 0 Å². The van der Waals surface area contributed by atoms with Gasteiger partial charge in [0.25, 0.3) is 0 Å². The van der Waals surface area contributed by atoms with Crippen LogP contribution in [-0.4, -0.2) is 65.7 Å². The molecule has 7 heteroatoms. The summed E-state index contributed by atoms with van der Waals surface area (Å²) < 4.78 is 13.2. The molecule has 2 fully saturated rings. The summed E-state index contributed by atoms with van der Waals surface area (Å²) in [5.74, 6) is -0.535. The number of halogens is 1. The van der Waals surface area contributed by atoms with Crippen LogP contribution in [0.2, 0.25) is 0 Å². The summed E-state index contributed by atoms with van der Waals surface area (Å²) in [6.45, 7) is 6.44. The molecule has 0 unspecified atom stereocenters. The van der Waals surface area contributed by atoms with Crippen LogP contribution in [0.3, 0.4) is 0 Å². The van der Waals surface area contributed by atoms with Gasteiger partial charge in [-0.15, -0.1) is 0 Å². The highest BCUT2D eigenvalue weighted by molar-refractivity contribution is 6.00. The number of ketones is 1. The molecule has 254 valence electrons. The predicted octanol–water partition coefficient (Wildman–Crippen LogP) is 8.62. The molecule has 2 amide bonds. The van der Waals surface area contributed by atoms with Gasteiger partial charge in [0, 0.05) is 31.5 Å². The second-order valence-corrected chi connectivity index (χ2v) is 13.7. The van der Waals surface area contributed by atoms with Crippen LogP contribution in [0.1, 0.15) is 159 Å². The molecule has 0 spiro atoms. The minimum absolute atomic E-state index is 0.0337. The highest BCUT2D eigenvalue weighted by Crippen LogP contribution is 2.32. The Morgan fingerprint density at radius 2 is 1.22 bits per heavy atom. The molecule has 3 rings (SSSR count). The Hall–Kier alpha value is -2.12. The molecule has 0 aromatic heterocycles. The molecular formula is C38H62FN3O3. The summed E-state index contributed by atoms with van der Waals surface area (Å²) in [6, 6.07) is 5.75. The lowest BCUT2D eigenvalue weighted by atomic mass is 9.83. The molecule has 1 N–H and O–H groups in total. The summed E-state index contributed by atoms with van der Waals surface area (Å²) in [7, 11) is 0. The quantitative estimate of drug-likeness (QED) is 0.103. The summed E-state index contributed by atoms with van der Waals surface area (Å²) in [5, 5.41) is 2.82. The highest BCUT2D eigenvalue weighted by atomic mass is 19.1. The molecule has 1 aromatic carbocycles. The van der Waals surface area contributed by atoms with E-state index in [1.165, 1.54) is 95.6 Å². The Balaban J connectivity index is 1.31. The van der Waals surface area contributed by atoms with Crippen LogP contribution in [0, 0.1) is 5.82 Å². The van der Waals surface area contributed by atoms with E-state index in [4.69, 9.17) is 0 Å². The number of Topliss-reactive ketones (excluding diaryl/α,β-unsaturated/α-hetero) is 1. The minimum atomic E-state index is -0.619. The maximum atomic E-state index is 13.7. The molecule has 0 atom stereocenters. The number of benzene rings is 1. The SMILES string of the molecule is CCCCCCCCCCCCCCCCC(=O)NC(=O)C1(N2CCCCC2)CCN(CCCC(=O)c2ccc(F)cc2)CC1. The van der Waals surface area contributed by atoms with E-state index < -0.39 is 5.54 Å². The second-order valence-electron chi connectivity index (χ2n) is 13.7. The van der Waals surface area contributed by atoms with Crippen LogP contribution < -0.4 is 5.32 Å². The van der Waals surface area contributed by atoms with Gasteiger partial charge in [-0.1, -0.05) is 96.8 Å². The van der Waals surface area contributed by atoms with E-state index in [0.29, 0.717) is 31.2 Å². The Bertz CT molecular complexity index is 984. The zero-order chi connectivity index (χ0) is 32.2. The third-order valence-corrected chi connectivity index (χ3v) is 10.1. The smallest absolute Gasteiger partial charge is 0.247 e. The van der Waals surface area contributed by atoms with Gasteiger partial charge in [0.05, 0.1) is 0 Å². The van der Waals surface area contributed by atoms with E-state index in [1.807, 2.05) is 0 Å². The largest absolute Gasteiger partial charge is 0.303 e. The molecule has 0 bridgehead atoms.